The Balaban J connectivity index is 2.93. The largest absolute Gasteiger partial charge is 0.504 e. The highest BCUT2D eigenvalue weighted by atomic mass is 28.4. The topological polar surface area (TPSA) is 85.9 Å². The maximum absolute atomic E-state index is 12.7. The molecule has 0 aromatic rings. The number of hydrogen-bond acceptors (Lipinski definition) is 5. The molecule has 32 heavy (non-hydrogen) atoms. The summed E-state index contributed by atoms with van der Waals surface area (Å²) in [4.78, 5) is 24.8. The number of amides is 3. The number of nitrogens with one attached hydrogen (secondary N) is 2. The summed E-state index contributed by atoms with van der Waals surface area (Å²) in [5, 5.41) is 5.61. The lowest BCUT2D eigenvalue weighted by Crippen LogP contribution is -2.52. The van der Waals surface area contributed by atoms with Crippen LogP contribution in [0.1, 0.15) is 54.9 Å². The van der Waals surface area contributed by atoms with Crippen LogP contribution in [0.4, 0.5) is 4.79 Å². The molecule has 186 valence electrons. The second-order valence-electron chi connectivity index (χ2n) is 12.1. The van der Waals surface area contributed by atoms with Crippen LogP contribution in [0.5, 0.6) is 0 Å². The van der Waals surface area contributed by atoms with E-state index >= 15 is 0 Å². The Morgan fingerprint density at radius 1 is 1.00 bits per heavy atom. The third-order valence-corrected chi connectivity index (χ3v) is 16.4. The van der Waals surface area contributed by atoms with E-state index in [0.29, 0.717) is 18.8 Å². The van der Waals surface area contributed by atoms with Gasteiger partial charge in [-0.3, -0.25) is 10.1 Å². The monoisotopic (exact) mass is 486 g/mol. The summed E-state index contributed by atoms with van der Waals surface area (Å²) in [6, 6.07) is -0.521. The molecule has 0 unspecified atom stereocenters. The molecule has 1 saturated carbocycles. The fraction of sp³-hybridized carbons (Fsp3) is 0.826. The minimum absolute atomic E-state index is 0.0660. The fourth-order valence-corrected chi connectivity index (χ4v) is 4.81. The molecule has 0 aromatic carbocycles. The lowest BCUT2D eigenvalue weighted by atomic mass is 10.2. The maximum atomic E-state index is 12.7. The number of hydrogen-bond donors (Lipinski definition) is 2. The first kappa shape index (κ1) is 28.9. The standard InChI is InChI=1S/C23H46N2O5Si2/c1-17(14-28-8)19(26)24-20(27)25-23(16-30-32(11,12)22(5,6)7)13-18(23)15-29-31(9,10)21(2,3)4/h14,18H,13,15-16H2,1-12H3,(H2,24,25,26,27)/b17-14+/t18-,23+/m0/s1. The molecule has 9 heteroatoms. The fourth-order valence-electron chi connectivity index (χ4n) is 2.71. The molecule has 1 aliphatic carbocycles. The first-order chi connectivity index (χ1) is 14.3. The SMILES string of the molecule is CO/C=C(\C)C(=O)NC(=O)N[C@@]1(CO[Si](C)(C)C(C)(C)C)C[C@H]1CO[Si](C)(C)C(C)(C)C. The first-order valence-corrected chi connectivity index (χ1v) is 17.2. The highest BCUT2D eigenvalue weighted by Crippen LogP contribution is 2.47. The van der Waals surface area contributed by atoms with Crippen molar-refractivity contribution >= 4 is 28.6 Å². The van der Waals surface area contributed by atoms with Gasteiger partial charge in [0.05, 0.1) is 25.5 Å². The van der Waals surface area contributed by atoms with Gasteiger partial charge in [0.1, 0.15) is 0 Å². The first-order valence-electron chi connectivity index (χ1n) is 11.4. The van der Waals surface area contributed by atoms with Crippen molar-refractivity contribution in [1.82, 2.24) is 10.6 Å². The van der Waals surface area contributed by atoms with Crippen molar-refractivity contribution in [1.29, 1.82) is 0 Å². The lowest BCUT2D eigenvalue weighted by Gasteiger charge is -2.38. The Morgan fingerprint density at radius 2 is 1.50 bits per heavy atom. The van der Waals surface area contributed by atoms with E-state index < -0.39 is 34.1 Å². The van der Waals surface area contributed by atoms with Crippen LogP contribution in [0.2, 0.25) is 36.3 Å². The predicted octanol–water partition coefficient (Wildman–Crippen LogP) is 5.16. The molecular weight excluding hydrogens is 440 g/mol. The molecule has 2 atom stereocenters. The Hall–Kier alpha value is -1.17. The molecule has 7 nitrogen and oxygen atoms in total. The number of carbonyl (C=O) groups is 2. The number of ether oxygens (including phenoxy) is 1. The van der Waals surface area contributed by atoms with Gasteiger partial charge < -0.3 is 18.9 Å². The van der Waals surface area contributed by atoms with Crippen molar-refractivity contribution in [3.05, 3.63) is 11.8 Å². The zero-order valence-electron chi connectivity index (χ0n) is 22.3. The minimum atomic E-state index is -2.00. The van der Waals surface area contributed by atoms with E-state index in [0.717, 1.165) is 6.42 Å². The van der Waals surface area contributed by atoms with E-state index in [1.54, 1.807) is 6.92 Å². The molecule has 2 N–H and O–H groups in total. The normalized spacial score (nSPS) is 22.4. The van der Waals surface area contributed by atoms with Crippen LogP contribution in [0.25, 0.3) is 0 Å². The lowest BCUT2D eigenvalue weighted by molar-refractivity contribution is -0.116. The average Bonchev–Trinajstić information content (AvgIpc) is 3.29. The summed E-state index contributed by atoms with van der Waals surface area (Å²) in [7, 11) is -2.45. The van der Waals surface area contributed by atoms with Crippen LogP contribution >= 0.6 is 0 Å². The summed E-state index contributed by atoms with van der Waals surface area (Å²) in [6.07, 6.45) is 2.08. The molecule has 0 aromatic heterocycles. The van der Waals surface area contributed by atoms with Crippen molar-refractivity contribution < 1.29 is 23.2 Å². The molecule has 1 aliphatic rings. The smallest absolute Gasteiger partial charge is 0.322 e. The highest BCUT2D eigenvalue weighted by Gasteiger charge is 2.57. The van der Waals surface area contributed by atoms with E-state index in [-0.39, 0.29) is 16.0 Å². The molecule has 1 fully saturated rings. The van der Waals surface area contributed by atoms with Crippen molar-refractivity contribution in [2.24, 2.45) is 5.92 Å². The number of methoxy groups -OCH3 is 1. The molecule has 0 aliphatic heterocycles. The molecule has 0 bridgehead atoms. The van der Waals surface area contributed by atoms with Gasteiger partial charge in [0.15, 0.2) is 16.6 Å². The molecule has 0 saturated heterocycles. The Kier molecular flexibility index (Phi) is 9.01. The average molecular weight is 487 g/mol. The van der Waals surface area contributed by atoms with E-state index in [4.69, 9.17) is 13.6 Å². The van der Waals surface area contributed by atoms with Crippen LogP contribution in [0.15, 0.2) is 11.8 Å². The van der Waals surface area contributed by atoms with Crippen molar-refractivity contribution in [2.75, 3.05) is 20.3 Å². The molecule has 3 amide bonds. The van der Waals surface area contributed by atoms with Gasteiger partial charge in [-0.1, -0.05) is 41.5 Å². The van der Waals surface area contributed by atoms with Gasteiger partial charge in [-0.15, -0.1) is 0 Å². The quantitative estimate of drug-likeness (QED) is 0.267. The summed E-state index contributed by atoms with van der Waals surface area (Å²) in [6.45, 7) is 24.7. The highest BCUT2D eigenvalue weighted by molar-refractivity contribution is 6.74. The summed E-state index contributed by atoms with van der Waals surface area (Å²) in [5.41, 5.74) is -0.205. The van der Waals surface area contributed by atoms with Gasteiger partial charge in [-0.05, 0) is 49.6 Å². The second-order valence-corrected chi connectivity index (χ2v) is 21.7. The number of urea groups is 1. The summed E-state index contributed by atoms with van der Waals surface area (Å²) in [5.74, 6) is -0.336. The summed E-state index contributed by atoms with van der Waals surface area (Å²) >= 11 is 0. The molecule has 0 spiro atoms. The van der Waals surface area contributed by atoms with Gasteiger partial charge in [0.25, 0.3) is 5.91 Å². The van der Waals surface area contributed by atoms with Crippen LogP contribution in [-0.4, -0.2) is 54.4 Å². The van der Waals surface area contributed by atoms with Crippen molar-refractivity contribution in [3.8, 4) is 0 Å². The van der Waals surface area contributed by atoms with Gasteiger partial charge >= 0.3 is 6.03 Å². The van der Waals surface area contributed by atoms with Gasteiger partial charge in [-0.2, -0.15) is 0 Å². The van der Waals surface area contributed by atoms with Crippen LogP contribution in [-0.2, 0) is 18.4 Å². The predicted molar refractivity (Wildman–Crippen MR) is 135 cm³/mol. The Bertz CT molecular complexity index is 723. The van der Waals surface area contributed by atoms with Crippen LogP contribution in [0.3, 0.4) is 0 Å². The zero-order chi connectivity index (χ0) is 25.2. The molecular formula is C23H46N2O5Si2. The van der Waals surface area contributed by atoms with E-state index in [1.807, 2.05) is 0 Å². The van der Waals surface area contributed by atoms with Gasteiger partial charge in [-0.25, -0.2) is 4.79 Å². The molecule has 1 rings (SSSR count). The van der Waals surface area contributed by atoms with Crippen LogP contribution < -0.4 is 10.6 Å². The number of rotatable bonds is 9. The van der Waals surface area contributed by atoms with Gasteiger partial charge in [0, 0.05) is 18.1 Å². The number of imide groups is 1. The number of carbonyl (C=O) groups excluding carboxylic acids is 2. The zero-order valence-corrected chi connectivity index (χ0v) is 24.3. The minimum Gasteiger partial charge on any atom is -0.504 e. The van der Waals surface area contributed by atoms with E-state index in [2.05, 4.69) is 78.4 Å². The maximum Gasteiger partial charge on any atom is 0.322 e. The third kappa shape index (κ3) is 7.43. The molecule has 0 heterocycles. The van der Waals surface area contributed by atoms with E-state index in [1.165, 1.54) is 13.4 Å². The Labute approximate surface area is 197 Å². The van der Waals surface area contributed by atoms with E-state index in [9.17, 15) is 9.59 Å². The van der Waals surface area contributed by atoms with Crippen molar-refractivity contribution in [2.45, 2.75) is 96.7 Å². The van der Waals surface area contributed by atoms with Crippen molar-refractivity contribution in [3.63, 3.8) is 0 Å². The summed E-state index contributed by atoms with van der Waals surface area (Å²) < 4.78 is 17.8. The van der Waals surface area contributed by atoms with Crippen LogP contribution in [0, 0.1) is 5.92 Å². The van der Waals surface area contributed by atoms with Gasteiger partial charge in [0.2, 0.25) is 0 Å². The Morgan fingerprint density at radius 3 is 1.97 bits per heavy atom. The second kappa shape index (κ2) is 9.99. The third-order valence-electron chi connectivity index (χ3n) is 7.42. The molecule has 0 radical (unpaired) electrons.